The molecule has 0 radical (unpaired) electrons. The van der Waals surface area contributed by atoms with E-state index in [9.17, 15) is 0 Å². The lowest BCUT2D eigenvalue weighted by molar-refractivity contribution is -0.642. The standard InChI is InChI=1S/C38H47N2O8S/c1-40-32-6-2-3-7-37(32)49-38(40)13-9-29-8-11-33-35(27-29)47-25-21-43-17-15-42-20-24-46-34-12-10-30(31-5-4-14-39-31)28-36(34)48-26-22-44-18-16-41-19-23-45-33/h2-3,6-13,27-28,31,39H,4-5,14-26H2,1H3/q+1/b13-9+. The number of hydrogen-bond acceptors (Lipinski definition) is 10. The second kappa shape index (κ2) is 18.9. The van der Waals surface area contributed by atoms with Crippen molar-refractivity contribution in [3.05, 3.63) is 76.8 Å². The van der Waals surface area contributed by atoms with Gasteiger partial charge >= 0.3 is 0 Å². The number of para-hydroxylation sites is 1. The third-order valence-corrected chi connectivity index (χ3v) is 9.46. The van der Waals surface area contributed by atoms with Crippen molar-refractivity contribution in [1.82, 2.24) is 5.32 Å². The molecule has 0 amide bonds. The van der Waals surface area contributed by atoms with Gasteiger partial charge in [0.05, 0.1) is 52.9 Å². The third-order valence-electron chi connectivity index (χ3n) is 8.27. The number of nitrogens with zero attached hydrogens (tertiary/aromatic N) is 1. The van der Waals surface area contributed by atoms with Gasteiger partial charge in [-0.1, -0.05) is 35.6 Å². The number of rotatable bonds is 3. The number of benzene rings is 3. The summed E-state index contributed by atoms with van der Waals surface area (Å²) >= 11 is 1.76. The maximum absolute atomic E-state index is 6.14. The van der Waals surface area contributed by atoms with Crippen LogP contribution in [0, 0.1) is 0 Å². The Balaban J connectivity index is 1.03. The van der Waals surface area contributed by atoms with E-state index in [0.717, 1.165) is 29.3 Å². The average molecular weight is 692 g/mol. The maximum atomic E-state index is 6.14. The minimum atomic E-state index is 0.345. The molecule has 1 aromatic heterocycles. The van der Waals surface area contributed by atoms with E-state index in [1.807, 2.05) is 24.3 Å². The van der Waals surface area contributed by atoms with Crippen LogP contribution in [-0.2, 0) is 26.0 Å². The molecule has 1 saturated heterocycles. The SMILES string of the molecule is C[n+]1c(/C=C/c2ccc3c(c2)OCCOCCOCCOc2ccc(C4CCCN4)cc2OCCOCCOCCO3)sc2ccccc21. The molecule has 0 saturated carbocycles. The van der Waals surface area contributed by atoms with E-state index in [-0.39, 0.29) is 0 Å². The van der Waals surface area contributed by atoms with Gasteiger partial charge in [-0.15, -0.1) is 0 Å². The summed E-state index contributed by atoms with van der Waals surface area (Å²) in [5.41, 5.74) is 3.43. The van der Waals surface area contributed by atoms with Crippen LogP contribution in [0.4, 0.5) is 0 Å². The highest BCUT2D eigenvalue weighted by Gasteiger charge is 2.19. The van der Waals surface area contributed by atoms with Crippen molar-refractivity contribution in [3.8, 4) is 23.0 Å². The largest absolute Gasteiger partial charge is 0.487 e. The minimum absolute atomic E-state index is 0.345. The number of hydrogen-bond donors (Lipinski definition) is 1. The third kappa shape index (κ3) is 10.4. The lowest BCUT2D eigenvalue weighted by Gasteiger charge is -2.17. The van der Waals surface area contributed by atoms with Crippen molar-refractivity contribution in [2.45, 2.75) is 18.9 Å². The molecule has 262 valence electrons. The second-order valence-electron chi connectivity index (χ2n) is 11.7. The van der Waals surface area contributed by atoms with Gasteiger partial charge in [-0.3, -0.25) is 0 Å². The van der Waals surface area contributed by atoms with E-state index >= 15 is 0 Å². The van der Waals surface area contributed by atoms with Crippen LogP contribution >= 0.6 is 11.3 Å². The van der Waals surface area contributed by atoms with Gasteiger partial charge in [-0.2, -0.15) is 4.57 Å². The first kappa shape index (κ1) is 35.1. The number of aryl methyl sites for hydroxylation is 1. The maximum Gasteiger partial charge on any atom is 0.262 e. The molecule has 4 aromatic rings. The van der Waals surface area contributed by atoms with Crippen molar-refractivity contribution >= 4 is 33.7 Å². The molecular formula is C38H47N2O8S+. The predicted molar refractivity (Wildman–Crippen MR) is 190 cm³/mol. The first-order valence-corrected chi connectivity index (χ1v) is 18.0. The van der Waals surface area contributed by atoms with E-state index in [0.29, 0.717) is 103 Å². The highest BCUT2D eigenvalue weighted by molar-refractivity contribution is 7.18. The molecule has 1 N–H and O–H groups in total. The fraction of sp³-hybridized carbons (Fsp3) is 0.447. The van der Waals surface area contributed by atoms with Crippen molar-refractivity contribution in [2.24, 2.45) is 7.05 Å². The van der Waals surface area contributed by atoms with Crippen molar-refractivity contribution in [2.75, 3.05) is 85.8 Å². The fourth-order valence-corrected chi connectivity index (χ4v) is 6.78. The molecule has 6 rings (SSSR count). The zero-order chi connectivity index (χ0) is 33.5. The monoisotopic (exact) mass is 691 g/mol. The van der Waals surface area contributed by atoms with Crippen molar-refractivity contribution in [1.29, 1.82) is 0 Å². The van der Waals surface area contributed by atoms with Crippen molar-refractivity contribution in [3.63, 3.8) is 0 Å². The lowest BCUT2D eigenvalue weighted by atomic mass is 10.0. The molecule has 11 heteroatoms. The highest BCUT2D eigenvalue weighted by atomic mass is 32.1. The topological polar surface area (TPSA) is 89.8 Å². The first-order valence-electron chi connectivity index (χ1n) is 17.1. The Kier molecular flexibility index (Phi) is 13.5. The summed E-state index contributed by atoms with van der Waals surface area (Å²) in [6, 6.07) is 20.9. The average Bonchev–Trinajstić information content (AvgIpc) is 3.78. The number of fused-ring (bicyclic) bond motifs is 3. The molecule has 10 nitrogen and oxygen atoms in total. The Morgan fingerprint density at radius 2 is 1.20 bits per heavy atom. The van der Waals surface area contributed by atoms with E-state index in [2.05, 4.69) is 65.5 Å². The molecule has 1 fully saturated rings. The summed E-state index contributed by atoms with van der Waals surface area (Å²) < 4.78 is 50.9. The first-order chi connectivity index (χ1) is 24.2. The van der Waals surface area contributed by atoms with Gasteiger partial charge in [0.15, 0.2) is 23.0 Å². The molecule has 0 bridgehead atoms. The summed E-state index contributed by atoms with van der Waals surface area (Å²) in [7, 11) is 2.09. The second-order valence-corrected chi connectivity index (χ2v) is 12.8. The molecule has 49 heavy (non-hydrogen) atoms. The molecule has 1 atom stereocenters. The van der Waals surface area contributed by atoms with Crippen LogP contribution in [0.15, 0.2) is 60.7 Å². The van der Waals surface area contributed by atoms with Gasteiger partial charge in [-0.25, -0.2) is 0 Å². The molecule has 2 aliphatic heterocycles. The zero-order valence-corrected chi connectivity index (χ0v) is 29.1. The quantitative estimate of drug-likeness (QED) is 0.275. The summed E-state index contributed by atoms with van der Waals surface area (Å²) in [6.07, 6.45) is 6.52. The normalized spacial score (nSPS) is 19.5. The van der Waals surface area contributed by atoms with Gasteiger partial charge in [0.2, 0.25) is 5.52 Å². The van der Waals surface area contributed by atoms with Crippen LogP contribution < -0.4 is 28.8 Å². The number of thiazole rings is 1. The Hall–Kier alpha value is -3.71. The number of nitrogens with one attached hydrogen (secondary N) is 1. The Bertz CT molecular complexity index is 1640. The summed E-state index contributed by atoms with van der Waals surface area (Å²) in [5.74, 6) is 2.73. The number of ether oxygens (including phenoxy) is 8. The lowest BCUT2D eigenvalue weighted by Crippen LogP contribution is -2.28. The van der Waals surface area contributed by atoms with E-state index < -0.39 is 0 Å². The molecule has 2 aliphatic rings. The summed E-state index contributed by atoms with van der Waals surface area (Å²) in [4.78, 5) is 0. The fourth-order valence-electron chi connectivity index (χ4n) is 5.72. The van der Waals surface area contributed by atoms with Crippen LogP contribution in [0.3, 0.4) is 0 Å². The predicted octanol–water partition coefficient (Wildman–Crippen LogP) is 5.62. The van der Waals surface area contributed by atoms with E-state index in [4.69, 9.17) is 37.9 Å². The molecule has 0 aliphatic carbocycles. The Morgan fingerprint density at radius 1 is 0.633 bits per heavy atom. The Labute approximate surface area is 292 Å². The molecule has 3 heterocycles. The van der Waals surface area contributed by atoms with Gasteiger partial charge in [-0.05, 0) is 66.9 Å². The highest BCUT2D eigenvalue weighted by Crippen LogP contribution is 2.33. The molecule has 0 spiro atoms. The molecule has 3 aromatic carbocycles. The van der Waals surface area contributed by atoms with Crippen LogP contribution in [0.2, 0.25) is 0 Å². The van der Waals surface area contributed by atoms with Gasteiger partial charge < -0.3 is 43.2 Å². The van der Waals surface area contributed by atoms with Crippen molar-refractivity contribution < 1.29 is 42.5 Å². The number of aromatic nitrogens is 1. The van der Waals surface area contributed by atoms with Crippen LogP contribution in [-0.4, -0.2) is 85.8 Å². The summed E-state index contributed by atoms with van der Waals surface area (Å²) in [6.45, 7) is 6.17. The van der Waals surface area contributed by atoms with Gasteiger partial charge in [0.1, 0.15) is 38.2 Å². The summed E-state index contributed by atoms with van der Waals surface area (Å²) in [5, 5.41) is 4.71. The van der Waals surface area contributed by atoms with Crippen LogP contribution in [0.1, 0.15) is 35.0 Å². The van der Waals surface area contributed by atoms with Crippen LogP contribution in [0.5, 0.6) is 23.0 Å². The van der Waals surface area contributed by atoms with E-state index in [1.165, 1.54) is 22.2 Å². The van der Waals surface area contributed by atoms with Gasteiger partial charge in [0.25, 0.3) is 5.01 Å². The zero-order valence-electron chi connectivity index (χ0n) is 28.2. The molecule has 1 unspecified atom stereocenters. The minimum Gasteiger partial charge on any atom is -0.487 e. The smallest absolute Gasteiger partial charge is 0.262 e. The van der Waals surface area contributed by atoms with E-state index in [1.54, 1.807) is 11.3 Å². The van der Waals surface area contributed by atoms with Gasteiger partial charge in [0, 0.05) is 18.2 Å². The molecular weight excluding hydrogens is 644 g/mol. The Morgan fingerprint density at radius 3 is 1.82 bits per heavy atom. The van der Waals surface area contributed by atoms with Crippen LogP contribution in [0.25, 0.3) is 22.4 Å².